The number of benzene rings is 1. The second kappa shape index (κ2) is 7.00. The number of amides is 1. The fraction of sp³-hybridized carbons (Fsp3) is 0.176. The number of ketones is 1. The van der Waals surface area contributed by atoms with E-state index in [1.54, 1.807) is 13.0 Å². The summed E-state index contributed by atoms with van der Waals surface area (Å²) in [5.41, 5.74) is 1.09. The number of hydrogen-bond acceptors (Lipinski definition) is 5. The van der Waals surface area contributed by atoms with Crippen LogP contribution in [0.4, 0.5) is 0 Å². The predicted molar refractivity (Wildman–Crippen MR) is 91.2 cm³/mol. The van der Waals surface area contributed by atoms with E-state index < -0.39 is 11.7 Å². The molecule has 0 saturated carbocycles. The lowest BCUT2D eigenvalue weighted by atomic mass is 10.2. The molecule has 25 heavy (non-hydrogen) atoms. The van der Waals surface area contributed by atoms with Crippen LogP contribution in [0.5, 0.6) is 11.6 Å². The second-order valence-corrected chi connectivity index (χ2v) is 5.30. The monoisotopic (exact) mass is 339 g/mol. The topological polar surface area (TPSA) is 101 Å². The summed E-state index contributed by atoms with van der Waals surface area (Å²) >= 11 is 0. The molecule has 0 saturated heterocycles. The van der Waals surface area contributed by atoms with Gasteiger partial charge in [0.25, 0.3) is 5.91 Å². The third-order valence-electron chi connectivity index (χ3n) is 3.44. The van der Waals surface area contributed by atoms with E-state index in [1.807, 2.05) is 30.3 Å². The van der Waals surface area contributed by atoms with Crippen LogP contribution in [0.15, 0.2) is 43.0 Å². The van der Waals surface area contributed by atoms with Gasteiger partial charge in [0.15, 0.2) is 11.5 Å². The van der Waals surface area contributed by atoms with E-state index in [-0.39, 0.29) is 13.0 Å². The third-order valence-corrected chi connectivity index (χ3v) is 3.44. The highest BCUT2D eigenvalue weighted by molar-refractivity contribution is 6.36. The highest BCUT2D eigenvalue weighted by Crippen LogP contribution is 2.21. The summed E-state index contributed by atoms with van der Waals surface area (Å²) in [5.74, 6) is 0.460. The molecule has 0 unspecified atom stereocenters. The molecule has 0 bridgehead atoms. The molecule has 0 aliphatic heterocycles. The van der Waals surface area contributed by atoms with Crippen molar-refractivity contribution in [2.45, 2.75) is 13.3 Å². The number of H-pyrrole nitrogens is 1. The number of aromatic amines is 1. The van der Waals surface area contributed by atoms with E-state index in [4.69, 9.17) is 4.74 Å². The van der Waals surface area contributed by atoms with Crippen molar-refractivity contribution in [1.29, 1.82) is 0 Å². The molecule has 0 atom stereocenters. The van der Waals surface area contributed by atoms with Crippen LogP contribution < -0.4 is 10.1 Å². The molecule has 3 rings (SSSR count). The van der Waals surface area contributed by atoms with Crippen molar-refractivity contribution >= 4 is 22.9 Å². The summed E-state index contributed by atoms with van der Waals surface area (Å²) in [5, 5.41) is 9.70. The van der Waals surface area contributed by atoms with E-state index in [1.165, 1.54) is 4.63 Å². The summed E-state index contributed by atoms with van der Waals surface area (Å²) in [4.78, 5) is 27.1. The van der Waals surface area contributed by atoms with Crippen molar-refractivity contribution in [3.63, 3.8) is 0 Å². The van der Waals surface area contributed by atoms with Crippen molar-refractivity contribution in [2.75, 3.05) is 6.54 Å². The van der Waals surface area contributed by atoms with Gasteiger partial charge in [-0.25, -0.2) is 4.98 Å². The van der Waals surface area contributed by atoms with Gasteiger partial charge in [0.05, 0.1) is 0 Å². The highest BCUT2D eigenvalue weighted by atomic mass is 16.5. The van der Waals surface area contributed by atoms with Gasteiger partial charge in [-0.2, -0.15) is 4.63 Å². The fourth-order valence-electron chi connectivity index (χ4n) is 2.10. The average molecular weight is 339 g/mol. The van der Waals surface area contributed by atoms with Gasteiger partial charge < -0.3 is 10.1 Å². The zero-order valence-corrected chi connectivity index (χ0v) is 13.7. The molecule has 2 aromatic heterocycles. The SMILES string of the molecule is C=C(CNC(=O)C(=O)CC)c1nc2cc(Oc3ccccc3)nn2[nH]1. The first-order valence-electron chi connectivity index (χ1n) is 7.74. The lowest BCUT2D eigenvalue weighted by molar-refractivity contribution is -0.137. The molecule has 0 aliphatic rings. The number of Topliss-reactive ketones (excluding diaryl/α,β-unsaturated/α-hetero) is 1. The maximum absolute atomic E-state index is 11.5. The van der Waals surface area contributed by atoms with E-state index in [0.29, 0.717) is 28.7 Å². The Bertz CT molecular complexity index is 895. The Hall–Kier alpha value is -3.42. The third kappa shape index (κ3) is 3.74. The summed E-state index contributed by atoms with van der Waals surface area (Å²) < 4.78 is 7.09. The molecular weight excluding hydrogens is 322 g/mol. The summed E-state index contributed by atoms with van der Waals surface area (Å²) in [6, 6.07) is 11.0. The Balaban J connectivity index is 1.66. The minimum absolute atomic E-state index is 0.120. The molecule has 8 heteroatoms. The molecule has 0 radical (unpaired) electrons. The number of fused-ring (bicyclic) bond motifs is 1. The Kier molecular flexibility index (Phi) is 4.60. The quantitative estimate of drug-likeness (QED) is 0.641. The van der Waals surface area contributed by atoms with E-state index in [2.05, 4.69) is 27.1 Å². The summed E-state index contributed by atoms with van der Waals surface area (Å²) in [6.45, 7) is 5.61. The molecule has 1 aromatic carbocycles. The number of nitrogens with one attached hydrogen (secondary N) is 2. The number of rotatable bonds is 7. The number of ether oxygens (including phenoxy) is 1. The molecule has 0 fully saturated rings. The molecule has 1 amide bonds. The first-order valence-corrected chi connectivity index (χ1v) is 7.74. The van der Waals surface area contributed by atoms with Gasteiger partial charge in [-0.15, -0.1) is 5.10 Å². The Morgan fingerprint density at radius 1 is 1.32 bits per heavy atom. The summed E-state index contributed by atoms with van der Waals surface area (Å²) in [7, 11) is 0. The molecule has 0 aliphatic carbocycles. The van der Waals surface area contributed by atoms with Gasteiger partial charge in [0, 0.05) is 24.6 Å². The summed E-state index contributed by atoms with van der Waals surface area (Å²) in [6.07, 6.45) is 0.164. The van der Waals surface area contributed by atoms with E-state index >= 15 is 0 Å². The van der Waals surface area contributed by atoms with E-state index in [9.17, 15) is 9.59 Å². The molecule has 0 spiro atoms. The Morgan fingerprint density at radius 2 is 2.08 bits per heavy atom. The van der Waals surface area contributed by atoms with Crippen LogP contribution in [0.25, 0.3) is 11.2 Å². The average Bonchev–Trinajstić information content (AvgIpc) is 3.18. The minimum Gasteiger partial charge on any atom is -0.437 e. The number of carbonyl (C=O) groups excluding carboxylic acids is 2. The zero-order chi connectivity index (χ0) is 17.8. The zero-order valence-electron chi connectivity index (χ0n) is 13.7. The standard InChI is InChI=1S/C17H17N5O3/c1-3-13(23)17(24)18-10-11(2)16-19-14-9-15(20-22(14)21-16)25-12-7-5-4-6-8-12/h4-9H,2-3,10H2,1H3,(H,18,24)(H,19,21). The first-order chi connectivity index (χ1) is 12.1. The molecule has 2 N–H and O–H groups in total. The van der Waals surface area contributed by atoms with Gasteiger partial charge >= 0.3 is 0 Å². The van der Waals surface area contributed by atoms with Crippen molar-refractivity contribution < 1.29 is 14.3 Å². The van der Waals surface area contributed by atoms with Gasteiger partial charge in [0.1, 0.15) is 5.75 Å². The second-order valence-electron chi connectivity index (χ2n) is 5.30. The molecule has 2 heterocycles. The lowest BCUT2D eigenvalue weighted by Gasteiger charge is -2.04. The number of carbonyl (C=O) groups is 2. The fourth-order valence-corrected chi connectivity index (χ4v) is 2.10. The van der Waals surface area contributed by atoms with Gasteiger partial charge in [-0.3, -0.25) is 14.7 Å². The van der Waals surface area contributed by atoms with Crippen LogP contribution in [-0.4, -0.2) is 38.0 Å². The molecule has 3 aromatic rings. The molecular formula is C17H17N5O3. The van der Waals surface area contributed by atoms with Crippen molar-refractivity contribution in [2.24, 2.45) is 0 Å². The Morgan fingerprint density at radius 3 is 2.76 bits per heavy atom. The lowest BCUT2D eigenvalue weighted by Crippen LogP contribution is -2.31. The van der Waals surface area contributed by atoms with Crippen LogP contribution in [0.1, 0.15) is 19.2 Å². The number of para-hydroxylation sites is 1. The van der Waals surface area contributed by atoms with Crippen molar-refractivity contribution in [3.05, 3.63) is 48.8 Å². The van der Waals surface area contributed by atoms with Crippen LogP contribution in [0.3, 0.4) is 0 Å². The molecule has 8 nitrogen and oxygen atoms in total. The number of aromatic nitrogens is 4. The molecule has 128 valence electrons. The predicted octanol–water partition coefficient (Wildman–Crippen LogP) is 1.96. The van der Waals surface area contributed by atoms with Crippen molar-refractivity contribution in [3.8, 4) is 11.6 Å². The number of hydrogen-bond donors (Lipinski definition) is 2. The van der Waals surface area contributed by atoms with Crippen LogP contribution in [0.2, 0.25) is 0 Å². The first kappa shape index (κ1) is 16.4. The van der Waals surface area contributed by atoms with Gasteiger partial charge in [0.2, 0.25) is 11.7 Å². The largest absolute Gasteiger partial charge is 0.437 e. The van der Waals surface area contributed by atoms with Crippen molar-refractivity contribution in [1.82, 2.24) is 25.1 Å². The minimum atomic E-state index is -0.626. The van der Waals surface area contributed by atoms with Crippen LogP contribution >= 0.6 is 0 Å². The maximum atomic E-state index is 11.5. The smallest absolute Gasteiger partial charge is 0.287 e. The normalized spacial score (nSPS) is 10.6. The van der Waals surface area contributed by atoms with Gasteiger partial charge in [-0.1, -0.05) is 31.7 Å². The van der Waals surface area contributed by atoms with Crippen LogP contribution in [0, 0.1) is 0 Å². The highest BCUT2D eigenvalue weighted by Gasteiger charge is 2.14. The van der Waals surface area contributed by atoms with Crippen LogP contribution in [-0.2, 0) is 9.59 Å². The maximum Gasteiger partial charge on any atom is 0.287 e. The van der Waals surface area contributed by atoms with Gasteiger partial charge in [-0.05, 0) is 12.1 Å². The number of nitrogens with zero attached hydrogens (tertiary/aromatic N) is 3. The van der Waals surface area contributed by atoms with E-state index in [0.717, 1.165) is 0 Å². The Labute approximate surface area is 143 Å².